The zero-order valence-electron chi connectivity index (χ0n) is 15.1. The first-order valence-corrected chi connectivity index (χ1v) is 9.03. The van der Waals surface area contributed by atoms with Crippen molar-refractivity contribution in [1.82, 2.24) is 24.1 Å². The molecule has 156 valence electrons. The number of hydrogen-bond donors (Lipinski definition) is 1. The van der Waals surface area contributed by atoms with E-state index < -0.39 is 17.8 Å². The van der Waals surface area contributed by atoms with Crippen LogP contribution in [0.1, 0.15) is 5.56 Å². The molecule has 8 nitrogen and oxygen atoms in total. The fourth-order valence-electron chi connectivity index (χ4n) is 3.28. The van der Waals surface area contributed by atoms with Crippen molar-refractivity contribution in [3.05, 3.63) is 59.5 Å². The van der Waals surface area contributed by atoms with E-state index in [1.807, 2.05) is 0 Å². The van der Waals surface area contributed by atoms with Gasteiger partial charge in [-0.25, -0.2) is 9.78 Å². The zero-order valence-corrected chi connectivity index (χ0v) is 15.9. The minimum atomic E-state index is -4.56. The highest BCUT2D eigenvalue weighted by molar-refractivity contribution is 6.33. The van der Waals surface area contributed by atoms with E-state index in [1.165, 1.54) is 12.4 Å². The molecular weight excluding hydrogens is 439 g/mol. The molecule has 0 amide bonds. The number of carboxylic acid groups (broad SMARTS) is 1. The summed E-state index contributed by atoms with van der Waals surface area (Å²) in [4.78, 5) is 19.8. The molecule has 0 unspecified atom stereocenters. The summed E-state index contributed by atoms with van der Waals surface area (Å²) in [6.07, 6.45) is -2.13. The summed E-state index contributed by atoms with van der Waals surface area (Å²) in [6.45, 7) is 0. The first-order chi connectivity index (χ1) is 14.7. The topological polar surface area (TPSA) is 98.4 Å². The maximum atomic E-state index is 13.0. The van der Waals surface area contributed by atoms with Gasteiger partial charge < -0.3 is 14.0 Å². The molecular formula is C19H9ClF3N5O3. The highest BCUT2D eigenvalue weighted by Crippen LogP contribution is 2.34. The first kappa shape index (κ1) is 19.1. The highest BCUT2D eigenvalue weighted by atomic mass is 35.5. The number of nitrogens with zero attached hydrogens (tertiary/aromatic N) is 5. The third kappa shape index (κ3) is 3.10. The normalized spacial score (nSPS) is 12.1. The number of aromatic nitrogens is 5. The number of imidazole rings is 1. The summed E-state index contributed by atoms with van der Waals surface area (Å²) < 4.78 is 46.5. The number of benzene rings is 1. The van der Waals surface area contributed by atoms with Crippen LogP contribution in [0, 0.1) is 0 Å². The van der Waals surface area contributed by atoms with Crippen LogP contribution in [0.2, 0.25) is 5.02 Å². The Kier molecular flexibility index (Phi) is 4.05. The van der Waals surface area contributed by atoms with Gasteiger partial charge in [0, 0.05) is 29.5 Å². The van der Waals surface area contributed by atoms with Gasteiger partial charge >= 0.3 is 12.3 Å². The number of pyridine rings is 1. The number of halogens is 4. The molecule has 12 heteroatoms. The van der Waals surface area contributed by atoms with Gasteiger partial charge in [-0.15, -0.1) is 0 Å². The Labute approximate surface area is 175 Å². The molecule has 5 aromatic rings. The maximum Gasteiger partial charge on any atom is 0.417 e. The van der Waals surface area contributed by atoms with Crippen LogP contribution >= 0.6 is 11.6 Å². The van der Waals surface area contributed by atoms with E-state index in [9.17, 15) is 23.1 Å². The minimum absolute atomic E-state index is 0.0296. The van der Waals surface area contributed by atoms with E-state index in [4.69, 9.17) is 16.1 Å². The van der Waals surface area contributed by atoms with Crippen LogP contribution in [0.5, 0.6) is 0 Å². The molecule has 0 radical (unpaired) electrons. The molecule has 1 aromatic carbocycles. The zero-order chi connectivity index (χ0) is 21.9. The molecule has 4 aromatic heterocycles. The van der Waals surface area contributed by atoms with E-state index >= 15 is 0 Å². The van der Waals surface area contributed by atoms with Gasteiger partial charge in [0.05, 0.1) is 16.1 Å². The van der Waals surface area contributed by atoms with E-state index in [-0.39, 0.29) is 28.1 Å². The van der Waals surface area contributed by atoms with E-state index in [0.717, 1.165) is 21.2 Å². The molecule has 0 saturated carbocycles. The lowest BCUT2D eigenvalue weighted by Gasteiger charge is -2.07. The largest absolute Gasteiger partial charge is 0.464 e. The van der Waals surface area contributed by atoms with Crippen molar-refractivity contribution in [3.8, 4) is 23.0 Å². The van der Waals surface area contributed by atoms with Crippen LogP contribution < -0.4 is 0 Å². The maximum absolute atomic E-state index is 13.0. The Morgan fingerprint density at radius 2 is 1.97 bits per heavy atom. The molecule has 0 spiro atoms. The summed E-state index contributed by atoms with van der Waals surface area (Å²) in [6, 6.07) is 7.38. The van der Waals surface area contributed by atoms with Crippen LogP contribution in [0.25, 0.3) is 39.5 Å². The summed E-state index contributed by atoms with van der Waals surface area (Å²) in [5.74, 6) is 0.140. The fraction of sp³-hybridized carbons (Fsp3) is 0.0526. The highest BCUT2D eigenvalue weighted by Gasteiger charge is 2.32. The van der Waals surface area contributed by atoms with Crippen molar-refractivity contribution in [3.63, 3.8) is 0 Å². The van der Waals surface area contributed by atoms with Gasteiger partial charge in [0.25, 0.3) is 5.89 Å². The van der Waals surface area contributed by atoms with Gasteiger partial charge in [0.2, 0.25) is 5.82 Å². The van der Waals surface area contributed by atoms with Gasteiger partial charge in [-0.2, -0.15) is 18.2 Å². The average Bonchev–Trinajstić information content (AvgIpc) is 3.43. The number of carbonyl (C=O) groups is 1. The quantitative estimate of drug-likeness (QED) is 0.399. The lowest BCUT2D eigenvalue weighted by molar-refractivity contribution is -0.137. The van der Waals surface area contributed by atoms with Crippen LogP contribution in [0.3, 0.4) is 0 Å². The molecule has 0 aliphatic rings. The van der Waals surface area contributed by atoms with Crippen molar-refractivity contribution >= 4 is 34.2 Å². The molecule has 0 atom stereocenters. The Morgan fingerprint density at radius 1 is 1.16 bits per heavy atom. The molecule has 0 aliphatic carbocycles. The van der Waals surface area contributed by atoms with Gasteiger partial charge in [-0.05, 0) is 18.2 Å². The standard InChI is InChI=1S/C19H9ClF3N5O3/c20-12-6-9(19(21,22)23)7-27-8-13(24-16(12)27)17-25-15(26-31-17)11-2-1-3-14-10(11)4-5-28(14)18(29)30/h1-8H,(H,29,30). The van der Waals surface area contributed by atoms with Crippen molar-refractivity contribution in [2.75, 3.05) is 0 Å². The number of hydrogen-bond acceptors (Lipinski definition) is 5. The second-order valence-electron chi connectivity index (χ2n) is 6.56. The van der Waals surface area contributed by atoms with Crippen LogP contribution in [-0.2, 0) is 6.18 Å². The average molecular weight is 448 g/mol. The Hall–Kier alpha value is -3.86. The monoisotopic (exact) mass is 447 g/mol. The summed E-state index contributed by atoms with van der Waals surface area (Å²) >= 11 is 5.96. The molecule has 0 aliphatic heterocycles. The van der Waals surface area contributed by atoms with Crippen LogP contribution in [0.15, 0.2) is 53.4 Å². The lowest BCUT2D eigenvalue weighted by Crippen LogP contribution is -2.06. The van der Waals surface area contributed by atoms with Crippen molar-refractivity contribution in [1.29, 1.82) is 0 Å². The SMILES string of the molecule is O=C(O)n1ccc2c(-c3noc(-c4cn5cc(C(F)(F)F)cc(Cl)c5n4)n3)cccc21. The fourth-order valence-corrected chi connectivity index (χ4v) is 3.54. The Morgan fingerprint density at radius 3 is 2.71 bits per heavy atom. The third-order valence-corrected chi connectivity index (χ3v) is 4.94. The van der Waals surface area contributed by atoms with E-state index in [2.05, 4.69) is 15.1 Å². The predicted molar refractivity (Wildman–Crippen MR) is 103 cm³/mol. The van der Waals surface area contributed by atoms with Gasteiger partial charge in [-0.3, -0.25) is 4.57 Å². The molecule has 31 heavy (non-hydrogen) atoms. The van der Waals surface area contributed by atoms with Crippen molar-refractivity contribution in [2.24, 2.45) is 0 Å². The minimum Gasteiger partial charge on any atom is -0.464 e. The summed E-state index contributed by atoms with van der Waals surface area (Å²) in [7, 11) is 0. The van der Waals surface area contributed by atoms with E-state index in [0.29, 0.717) is 16.5 Å². The molecule has 0 saturated heterocycles. The Balaban J connectivity index is 1.59. The van der Waals surface area contributed by atoms with Crippen LogP contribution in [-0.4, -0.2) is 35.3 Å². The Bertz CT molecular complexity index is 1480. The van der Waals surface area contributed by atoms with Gasteiger partial charge in [0.1, 0.15) is 5.69 Å². The smallest absolute Gasteiger partial charge is 0.417 e. The second-order valence-corrected chi connectivity index (χ2v) is 6.97. The first-order valence-electron chi connectivity index (χ1n) is 8.65. The van der Waals surface area contributed by atoms with Crippen LogP contribution in [0.4, 0.5) is 18.0 Å². The lowest BCUT2D eigenvalue weighted by atomic mass is 10.1. The number of fused-ring (bicyclic) bond motifs is 2. The molecule has 5 rings (SSSR count). The van der Waals surface area contributed by atoms with Crippen molar-refractivity contribution in [2.45, 2.75) is 6.18 Å². The van der Waals surface area contributed by atoms with Gasteiger partial charge in [0.15, 0.2) is 5.65 Å². The number of alkyl halides is 3. The summed E-state index contributed by atoms with van der Waals surface area (Å²) in [5.41, 5.74) is 0.277. The molecule has 1 N–H and O–H groups in total. The van der Waals surface area contributed by atoms with Crippen molar-refractivity contribution < 1.29 is 27.6 Å². The number of rotatable bonds is 2. The second kappa shape index (κ2) is 6.57. The molecule has 4 heterocycles. The summed E-state index contributed by atoms with van der Waals surface area (Å²) in [5, 5.41) is 13.6. The third-order valence-electron chi connectivity index (χ3n) is 4.66. The molecule has 0 bridgehead atoms. The van der Waals surface area contributed by atoms with Gasteiger partial charge in [-0.1, -0.05) is 28.9 Å². The predicted octanol–water partition coefficient (Wildman–Crippen LogP) is 5.20. The van der Waals surface area contributed by atoms with E-state index in [1.54, 1.807) is 24.3 Å². The molecule has 0 fully saturated rings.